The molecule has 16 heteroatoms. The van der Waals surface area contributed by atoms with Gasteiger partial charge in [0.2, 0.25) is 0 Å². The highest BCUT2D eigenvalue weighted by atomic mass is 17.2. The van der Waals surface area contributed by atoms with Crippen LogP contribution in [-0.2, 0) is 64.4 Å². The van der Waals surface area contributed by atoms with Crippen LogP contribution in [0, 0.1) is 32.5 Å². The van der Waals surface area contributed by atoms with Crippen molar-refractivity contribution in [2.75, 3.05) is 6.61 Å². The SMILES string of the molecule is CC1(C)C=CC(=O)[C@@]2(C)OOC3C[C@]12CC[C@]3(O)CO.CC1(C)CCC(=O)[C@@]2(C)OOC3C[C@@]12CCC3OC(=O)Cc1cccc2ccccc12.CC1(C)CCC(=O)[C@@]2(C)OOC3C[C@@]12CCC3OC(=O)c1ccoc1. The lowest BCUT2D eigenvalue weighted by molar-refractivity contribution is -0.463. The van der Waals surface area contributed by atoms with Crippen LogP contribution >= 0.6 is 0 Å². The molecule has 3 saturated heterocycles. The first-order valence-corrected chi connectivity index (χ1v) is 27.3. The zero-order valence-corrected chi connectivity index (χ0v) is 45.5. The minimum Gasteiger partial charge on any atom is -0.472 e. The van der Waals surface area contributed by atoms with Gasteiger partial charge in [-0.2, -0.15) is 0 Å². The minimum atomic E-state index is -1.28. The molecule has 6 aliphatic carbocycles. The van der Waals surface area contributed by atoms with Crippen LogP contribution in [0.2, 0.25) is 0 Å². The smallest absolute Gasteiger partial charge is 0.341 e. The summed E-state index contributed by atoms with van der Waals surface area (Å²) in [6.07, 6.45) is 13.0. The van der Waals surface area contributed by atoms with Crippen LogP contribution in [0.1, 0.15) is 162 Å². The van der Waals surface area contributed by atoms with E-state index in [1.807, 2.05) is 62.4 Å². The van der Waals surface area contributed by atoms with Crippen LogP contribution in [0.3, 0.4) is 0 Å². The number of allylic oxidation sites excluding steroid dienone is 1. The Bertz CT molecular complexity index is 2790. The first-order valence-electron chi connectivity index (χ1n) is 27.3. The van der Waals surface area contributed by atoms with Crippen molar-refractivity contribution in [3.05, 3.63) is 84.3 Å². The third-order valence-electron chi connectivity index (χ3n) is 21.3. The number of hydrogen-bond acceptors (Lipinski definition) is 16. The predicted molar refractivity (Wildman–Crippen MR) is 273 cm³/mol. The Labute approximate surface area is 444 Å². The zero-order valence-electron chi connectivity index (χ0n) is 45.5. The van der Waals surface area contributed by atoms with Gasteiger partial charge in [0.05, 0.1) is 24.9 Å². The van der Waals surface area contributed by atoms with E-state index in [2.05, 4.69) is 41.5 Å². The summed E-state index contributed by atoms with van der Waals surface area (Å²) in [6, 6.07) is 15.6. The van der Waals surface area contributed by atoms with E-state index >= 15 is 0 Å². The molecule has 5 saturated carbocycles. The van der Waals surface area contributed by atoms with Gasteiger partial charge in [-0.15, -0.1) is 0 Å². The van der Waals surface area contributed by atoms with E-state index in [0.717, 1.165) is 42.0 Å². The second-order valence-corrected chi connectivity index (χ2v) is 25.7. The van der Waals surface area contributed by atoms with Gasteiger partial charge in [-0.3, -0.25) is 19.2 Å². The molecular weight excluding hydrogens is 977 g/mol. The molecule has 0 amide bonds. The molecule has 3 aliphatic heterocycles. The van der Waals surface area contributed by atoms with Gasteiger partial charge in [-0.05, 0) is 136 Å². The lowest BCUT2D eigenvalue weighted by Gasteiger charge is -2.64. The molecule has 3 aromatic rings. The van der Waals surface area contributed by atoms with E-state index in [4.69, 9.17) is 43.2 Å². The number of carbonyl (C=O) groups excluding carboxylic acids is 5. The van der Waals surface area contributed by atoms with Gasteiger partial charge in [0, 0.05) is 29.1 Å². The fourth-order valence-corrected chi connectivity index (χ4v) is 15.7. The molecule has 5 unspecified atom stereocenters. The van der Waals surface area contributed by atoms with Crippen molar-refractivity contribution >= 4 is 40.1 Å². The van der Waals surface area contributed by atoms with Gasteiger partial charge in [-0.1, -0.05) is 90.1 Å². The Kier molecular flexibility index (Phi) is 13.7. The molecule has 4 heterocycles. The number of carbonyl (C=O) groups is 5. The van der Waals surface area contributed by atoms with Crippen molar-refractivity contribution < 1.29 is 77.4 Å². The number of fused-ring (bicyclic) bond motifs is 4. The van der Waals surface area contributed by atoms with Gasteiger partial charge in [0.1, 0.15) is 42.4 Å². The van der Waals surface area contributed by atoms with E-state index in [9.17, 15) is 34.2 Å². The maximum Gasteiger partial charge on any atom is 0.341 e. The molecular formula is C60H76O16. The highest BCUT2D eigenvalue weighted by Crippen LogP contribution is 2.67. The molecule has 8 fully saturated rings. The van der Waals surface area contributed by atoms with Crippen LogP contribution in [-0.4, -0.2) is 99.0 Å². The molecule has 12 atom stereocenters. The Hall–Kier alpha value is -4.65. The summed E-state index contributed by atoms with van der Waals surface area (Å²) < 4.78 is 16.5. The third kappa shape index (κ3) is 8.23. The summed E-state index contributed by atoms with van der Waals surface area (Å²) in [5.74, 6) is -0.542. The van der Waals surface area contributed by atoms with Crippen molar-refractivity contribution in [2.45, 2.75) is 205 Å². The van der Waals surface area contributed by atoms with Crippen molar-refractivity contribution in [2.24, 2.45) is 32.5 Å². The Balaban J connectivity index is 0.000000133. The van der Waals surface area contributed by atoms with E-state index in [1.54, 1.807) is 19.1 Å². The van der Waals surface area contributed by atoms with Crippen molar-refractivity contribution in [3.63, 3.8) is 0 Å². The second-order valence-electron chi connectivity index (χ2n) is 25.7. The molecule has 16 nitrogen and oxygen atoms in total. The molecule has 3 spiro atoms. The largest absolute Gasteiger partial charge is 0.472 e. The molecule has 1 aromatic heterocycles. The standard InChI is InChI=1S/C26H30O5.C19H24O6.C15H22O5/c1-24(2)13-12-22(27)25(3)26(24)14-11-20(21(16-26)30-31-25)29-23(28)15-18-9-6-8-17-7-4-5-10-19(17)18;1-17(2)7-5-15(20)18(3)19(17)8-4-13(14(10-19)24-25-18)23-16(21)12-6-9-22-11-12;1-12(2)5-4-10(17)13(3)15(12)7-6-14(18,9-16)11(8-15)19-20-13/h4-10,20-21H,11-16H2,1-3H3;6,9,11,13-14H,4-5,7-8,10H2,1-3H3;4-5,11,16,18H,6-9H2,1-3H3/t20?,21?,25-,26+;13?,14?,18-,19+;11?,13-,14+,15-/m111/s1. The topological polar surface area (TPSA) is 213 Å². The van der Waals surface area contributed by atoms with Crippen LogP contribution in [0.15, 0.2) is 77.6 Å². The summed E-state index contributed by atoms with van der Waals surface area (Å²) in [6.45, 7) is 18.2. The number of hydrogen-bond donors (Lipinski definition) is 2. The zero-order chi connectivity index (χ0) is 54.5. The quantitative estimate of drug-likeness (QED) is 0.174. The summed E-state index contributed by atoms with van der Waals surface area (Å²) in [7, 11) is 0. The Morgan fingerprint density at radius 3 is 1.82 bits per heavy atom. The third-order valence-corrected chi connectivity index (χ3v) is 21.3. The summed E-state index contributed by atoms with van der Waals surface area (Å²) in [4.78, 5) is 96.5. The number of furan rings is 1. The summed E-state index contributed by atoms with van der Waals surface area (Å²) in [5.41, 5.74) is -4.16. The van der Waals surface area contributed by atoms with Gasteiger partial charge in [-0.25, -0.2) is 34.1 Å². The Morgan fingerprint density at radius 1 is 0.645 bits per heavy atom. The monoisotopic (exact) mass is 1050 g/mol. The number of aliphatic hydroxyl groups is 2. The number of aliphatic hydroxyl groups excluding tert-OH is 1. The summed E-state index contributed by atoms with van der Waals surface area (Å²) in [5, 5.41) is 22.1. The predicted octanol–water partition coefficient (Wildman–Crippen LogP) is 9.53. The molecule has 76 heavy (non-hydrogen) atoms. The molecule has 6 bridgehead atoms. The number of benzene rings is 2. The fraction of sp³-hybridized carbons (Fsp3) is 0.650. The number of Topliss-reactive ketones (excluding diaryl/α,β-unsaturated/α-hetero) is 2. The summed E-state index contributed by atoms with van der Waals surface area (Å²) >= 11 is 0. The van der Waals surface area contributed by atoms with Crippen molar-refractivity contribution in [1.29, 1.82) is 0 Å². The fourth-order valence-electron chi connectivity index (χ4n) is 15.7. The van der Waals surface area contributed by atoms with Gasteiger partial charge < -0.3 is 24.1 Å². The van der Waals surface area contributed by atoms with Crippen LogP contribution in [0.4, 0.5) is 0 Å². The molecule has 2 N–H and O–H groups in total. The van der Waals surface area contributed by atoms with Crippen molar-refractivity contribution in [3.8, 4) is 0 Å². The highest BCUT2D eigenvalue weighted by molar-refractivity contribution is 5.99. The number of ketones is 3. The molecule has 9 aliphatic rings. The van der Waals surface area contributed by atoms with Gasteiger partial charge >= 0.3 is 11.9 Å². The molecule has 12 rings (SSSR count). The van der Waals surface area contributed by atoms with E-state index in [-0.39, 0.29) is 87.8 Å². The van der Waals surface area contributed by atoms with Gasteiger partial charge in [0.25, 0.3) is 0 Å². The number of esters is 2. The molecule has 2 aromatic carbocycles. The van der Waals surface area contributed by atoms with Crippen molar-refractivity contribution in [1.82, 2.24) is 0 Å². The first kappa shape index (κ1) is 54.7. The maximum absolute atomic E-state index is 12.8. The van der Waals surface area contributed by atoms with Crippen LogP contribution in [0.25, 0.3) is 10.8 Å². The van der Waals surface area contributed by atoms with E-state index in [0.29, 0.717) is 63.4 Å². The molecule has 412 valence electrons. The number of ether oxygens (including phenoxy) is 2. The average molecular weight is 1050 g/mol. The Morgan fingerprint density at radius 2 is 1.22 bits per heavy atom. The molecule has 0 radical (unpaired) electrons. The average Bonchev–Trinajstić information content (AvgIpc) is 4.06. The number of rotatable bonds is 6. The van der Waals surface area contributed by atoms with E-state index < -0.39 is 39.9 Å². The first-order chi connectivity index (χ1) is 35.8. The minimum absolute atomic E-state index is 0.0444. The van der Waals surface area contributed by atoms with Gasteiger partial charge in [0.15, 0.2) is 34.2 Å². The maximum atomic E-state index is 12.8. The van der Waals surface area contributed by atoms with Crippen LogP contribution < -0.4 is 0 Å². The van der Waals surface area contributed by atoms with E-state index in [1.165, 1.54) is 12.5 Å². The van der Waals surface area contributed by atoms with Crippen LogP contribution in [0.5, 0.6) is 0 Å². The highest BCUT2D eigenvalue weighted by Gasteiger charge is 2.72. The lowest BCUT2D eigenvalue weighted by atomic mass is 9.45. The second kappa shape index (κ2) is 19.0. The lowest BCUT2D eigenvalue weighted by Crippen LogP contribution is -2.71. The normalized spacial score (nSPS) is 40.1.